The summed E-state index contributed by atoms with van der Waals surface area (Å²) < 4.78 is 0. The summed E-state index contributed by atoms with van der Waals surface area (Å²) in [6, 6.07) is 11.6. The molecule has 0 heterocycles. The minimum absolute atomic E-state index is 0.122. The summed E-state index contributed by atoms with van der Waals surface area (Å²) >= 11 is 1.39. The van der Waals surface area contributed by atoms with Crippen molar-refractivity contribution in [2.75, 3.05) is 11.5 Å². The number of nitrogens with one attached hydrogen (secondary N) is 1. The largest absolute Gasteiger partial charge is 0.388 e. The van der Waals surface area contributed by atoms with E-state index < -0.39 is 11.6 Å². The van der Waals surface area contributed by atoms with Gasteiger partial charge in [0.05, 0.1) is 17.9 Å². The fourth-order valence-corrected chi connectivity index (χ4v) is 3.37. The van der Waals surface area contributed by atoms with E-state index in [0.717, 1.165) is 31.2 Å². The zero-order chi connectivity index (χ0) is 15.1. The van der Waals surface area contributed by atoms with Gasteiger partial charge in [-0.25, -0.2) is 0 Å². The number of amides is 1. The van der Waals surface area contributed by atoms with Gasteiger partial charge in [0, 0.05) is 5.75 Å². The molecule has 0 radical (unpaired) electrons. The molecule has 0 spiro atoms. The fraction of sp³-hybridized carbons (Fsp3) is 0.500. The first-order chi connectivity index (χ1) is 10.2. The lowest BCUT2D eigenvalue weighted by molar-refractivity contribution is -0.119. The molecule has 1 atom stereocenters. The monoisotopic (exact) mass is 304 g/mol. The van der Waals surface area contributed by atoms with Crippen molar-refractivity contribution < 1.29 is 9.90 Å². The molecule has 0 saturated heterocycles. The molecule has 1 aromatic rings. The SMILES string of the molecule is N#CC1(NC(=O)CSC[C@H](O)c2ccccc2)CCCC1. The highest BCUT2D eigenvalue weighted by molar-refractivity contribution is 7.99. The van der Waals surface area contributed by atoms with Crippen molar-refractivity contribution in [3.8, 4) is 6.07 Å². The molecule has 21 heavy (non-hydrogen) atoms. The molecule has 1 amide bonds. The van der Waals surface area contributed by atoms with E-state index in [2.05, 4.69) is 11.4 Å². The Morgan fingerprint density at radius 2 is 2.05 bits per heavy atom. The van der Waals surface area contributed by atoms with E-state index in [0.29, 0.717) is 5.75 Å². The Kier molecular flexibility index (Phi) is 5.66. The maximum atomic E-state index is 11.9. The maximum absolute atomic E-state index is 11.9. The smallest absolute Gasteiger partial charge is 0.231 e. The number of aliphatic hydroxyl groups is 1. The van der Waals surface area contributed by atoms with E-state index in [1.54, 1.807) is 0 Å². The highest BCUT2D eigenvalue weighted by Crippen LogP contribution is 2.29. The van der Waals surface area contributed by atoms with Crippen LogP contribution in [0.25, 0.3) is 0 Å². The lowest BCUT2D eigenvalue weighted by Crippen LogP contribution is -2.45. The number of hydrogen-bond donors (Lipinski definition) is 2. The topological polar surface area (TPSA) is 73.1 Å². The number of benzene rings is 1. The summed E-state index contributed by atoms with van der Waals surface area (Å²) in [5, 5.41) is 22.1. The second kappa shape index (κ2) is 7.48. The van der Waals surface area contributed by atoms with Gasteiger partial charge in [0.25, 0.3) is 0 Å². The van der Waals surface area contributed by atoms with Gasteiger partial charge in [-0.2, -0.15) is 5.26 Å². The van der Waals surface area contributed by atoms with E-state index in [-0.39, 0.29) is 11.7 Å². The Morgan fingerprint density at radius 1 is 1.38 bits per heavy atom. The molecular formula is C16H20N2O2S. The lowest BCUT2D eigenvalue weighted by atomic mass is 10.0. The van der Waals surface area contributed by atoms with E-state index in [1.807, 2.05) is 30.3 Å². The van der Waals surface area contributed by atoms with Gasteiger partial charge in [0.15, 0.2) is 0 Å². The zero-order valence-corrected chi connectivity index (χ0v) is 12.7. The van der Waals surface area contributed by atoms with Gasteiger partial charge in [-0.3, -0.25) is 4.79 Å². The third-order valence-corrected chi connectivity index (χ3v) is 4.76. The summed E-state index contributed by atoms with van der Waals surface area (Å²) in [4.78, 5) is 11.9. The highest BCUT2D eigenvalue weighted by Gasteiger charge is 2.35. The van der Waals surface area contributed by atoms with Crippen LogP contribution >= 0.6 is 11.8 Å². The maximum Gasteiger partial charge on any atom is 0.231 e. The average molecular weight is 304 g/mol. The van der Waals surface area contributed by atoms with Crippen LogP contribution in [0.4, 0.5) is 0 Å². The Balaban J connectivity index is 1.73. The van der Waals surface area contributed by atoms with Gasteiger partial charge in [0.2, 0.25) is 5.91 Å². The number of thioether (sulfide) groups is 1. The molecule has 1 aromatic carbocycles. The predicted octanol–water partition coefficient (Wildman–Crippen LogP) is 2.41. The molecule has 112 valence electrons. The third kappa shape index (κ3) is 4.48. The van der Waals surface area contributed by atoms with Crippen molar-refractivity contribution in [1.29, 1.82) is 5.26 Å². The Hall–Kier alpha value is -1.51. The fourth-order valence-electron chi connectivity index (χ4n) is 2.58. The summed E-state index contributed by atoms with van der Waals surface area (Å²) in [6.07, 6.45) is 2.90. The Morgan fingerprint density at radius 3 is 2.67 bits per heavy atom. The van der Waals surface area contributed by atoms with Crippen LogP contribution in [0, 0.1) is 11.3 Å². The first-order valence-corrected chi connectivity index (χ1v) is 8.34. The van der Waals surface area contributed by atoms with Gasteiger partial charge in [0.1, 0.15) is 5.54 Å². The molecule has 0 bridgehead atoms. The Labute approximate surface area is 129 Å². The van der Waals surface area contributed by atoms with Gasteiger partial charge >= 0.3 is 0 Å². The first kappa shape index (κ1) is 15.9. The number of aliphatic hydroxyl groups excluding tert-OH is 1. The van der Waals surface area contributed by atoms with Gasteiger partial charge in [-0.05, 0) is 31.2 Å². The van der Waals surface area contributed by atoms with E-state index in [4.69, 9.17) is 0 Å². The second-order valence-corrected chi connectivity index (χ2v) is 6.42. The number of carbonyl (C=O) groups excluding carboxylic acids is 1. The van der Waals surface area contributed by atoms with E-state index >= 15 is 0 Å². The van der Waals surface area contributed by atoms with Gasteiger partial charge in [-0.1, -0.05) is 30.3 Å². The van der Waals surface area contributed by atoms with Crippen molar-refractivity contribution in [3.05, 3.63) is 35.9 Å². The molecular weight excluding hydrogens is 284 g/mol. The molecule has 5 heteroatoms. The second-order valence-electron chi connectivity index (χ2n) is 5.39. The molecule has 0 aromatic heterocycles. The zero-order valence-electron chi connectivity index (χ0n) is 11.9. The van der Waals surface area contributed by atoms with Crippen LogP contribution in [-0.4, -0.2) is 28.1 Å². The van der Waals surface area contributed by atoms with Crippen LogP contribution < -0.4 is 5.32 Å². The van der Waals surface area contributed by atoms with Gasteiger partial charge in [-0.15, -0.1) is 11.8 Å². The molecule has 1 saturated carbocycles. The number of hydrogen-bond acceptors (Lipinski definition) is 4. The molecule has 2 N–H and O–H groups in total. The average Bonchev–Trinajstić information content (AvgIpc) is 2.97. The normalized spacial score (nSPS) is 17.9. The number of rotatable bonds is 6. The number of nitrogens with zero attached hydrogens (tertiary/aromatic N) is 1. The van der Waals surface area contributed by atoms with E-state index in [1.165, 1.54) is 11.8 Å². The van der Waals surface area contributed by atoms with Crippen molar-refractivity contribution in [2.45, 2.75) is 37.3 Å². The first-order valence-electron chi connectivity index (χ1n) is 7.18. The summed E-state index contributed by atoms with van der Waals surface area (Å²) in [6.45, 7) is 0. The van der Waals surface area contributed by atoms with Crippen molar-refractivity contribution in [2.24, 2.45) is 0 Å². The molecule has 1 aliphatic carbocycles. The van der Waals surface area contributed by atoms with Crippen molar-refractivity contribution in [3.63, 3.8) is 0 Å². The highest BCUT2D eigenvalue weighted by atomic mass is 32.2. The minimum Gasteiger partial charge on any atom is -0.388 e. The van der Waals surface area contributed by atoms with Crippen LogP contribution in [0.1, 0.15) is 37.4 Å². The molecule has 4 nitrogen and oxygen atoms in total. The molecule has 0 unspecified atom stereocenters. The standard InChI is InChI=1S/C16H20N2O2S/c17-12-16(8-4-5-9-16)18-15(20)11-21-10-14(19)13-6-2-1-3-7-13/h1-3,6-7,14,19H,4-5,8-11H2,(H,18,20)/t14-/m0/s1. The van der Waals surface area contributed by atoms with Gasteiger partial charge < -0.3 is 10.4 Å². The quantitative estimate of drug-likeness (QED) is 0.846. The number of nitriles is 1. The lowest BCUT2D eigenvalue weighted by Gasteiger charge is -2.22. The molecule has 0 aliphatic heterocycles. The van der Waals surface area contributed by atoms with Crippen LogP contribution in [0.5, 0.6) is 0 Å². The molecule has 1 aliphatic rings. The molecule has 1 fully saturated rings. The minimum atomic E-state index is -0.657. The molecule has 2 rings (SSSR count). The van der Waals surface area contributed by atoms with Crippen LogP contribution in [0.3, 0.4) is 0 Å². The van der Waals surface area contributed by atoms with Crippen molar-refractivity contribution in [1.82, 2.24) is 5.32 Å². The predicted molar refractivity (Wildman–Crippen MR) is 83.7 cm³/mol. The summed E-state index contributed by atoms with van der Waals surface area (Å²) in [7, 11) is 0. The summed E-state index contributed by atoms with van der Waals surface area (Å²) in [5.41, 5.74) is 0.199. The summed E-state index contributed by atoms with van der Waals surface area (Å²) in [5.74, 6) is 0.619. The van der Waals surface area contributed by atoms with Crippen molar-refractivity contribution >= 4 is 17.7 Å². The van der Waals surface area contributed by atoms with Crippen LogP contribution in [0.15, 0.2) is 30.3 Å². The Bertz CT molecular complexity index is 507. The van der Waals surface area contributed by atoms with E-state index in [9.17, 15) is 15.2 Å². The van der Waals surface area contributed by atoms with Crippen LogP contribution in [-0.2, 0) is 4.79 Å². The third-order valence-electron chi connectivity index (χ3n) is 3.74. The number of carbonyl (C=O) groups is 1. The van der Waals surface area contributed by atoms with Crippen LogP contribution in [0.2, 0.25) is 0 Å².